The molecule has 2 aromatic carbocycles. The molecule has 0 aliphatic rings. The molecule has 0 saturated heterocycles. The number of allylic oxidation sites excluding steroid dienone is 1. The van der Waals surface area contributed by atoms with Gasteiger partial charge in [-0.25, -0.2) is 0 Å². The topological polar surface area (TPSA) is 0 Å². The molecule has 2 heteroatoms. The molecule has 20 heavy (non-hydrogen) atoms. The van der Waals surface area contributed by atoms with Gasteiger partial charge in [-0.05, 0) is 0 Å². The van der Waals surface area contributed by atoms with Crippen LogP contribution in [0.1, 0.15) is 13.8 Å². The van der Waals surface area contributed by atoms with Gasteiger partial charge in [-0.3, -0.25) is 0 Å². The molecule has 0 atom stereocenters. The van der Waals surface area contributed by atoms with Gasteiger partial charge in [0.1, 0.15) is 0 Å². The van der Waals surface area contributed by atoms with E-state index in [-0.39, 0.29) is 0 Å². The Kier molecular flexibility index (Phi) is 6.63. The molecule has 0 saturated carbocycles. The minimum atomic E-state index is 0.466. The molecule has 104 valence electrons. The van der Waals surface area contributed by atoms with Crippen LogP contribution in [0.5, 0.6) is 0 Å². The van der Waals surface area contributed by atoms with E-state index in [1.54, 1.807) is 5.57 Å². The average molecular weight is 394 g/mol. The van der Waals surface area contributed by atoms with E-state index in [2.05, 4.69) is 79.5 Å². The zero-order valence-electron chi connectivity index (χ0n) is 12.0. The SMILES string of the molecule is CC(C)C(=C[Se]c1ccccc1)C[Se]c1ccccc1. The molecule has 2 rings (SSSR count). The normalized spacial score (nSPS) is 11.8. The van der Waals surface area contributed by atoms with Crippen LogP contribution in [0.15, 0.2) is 71.2 Å². The molecule has 0 fully saturated rings. The van der Waals surface area contributed by atoms with Crippen LogP contribution in [0.3, 0.4) is 0 Å². The Morgan fingerprint density at radius 2 is 1.45 bits per heavy atom. The third-order valence-electron chi connectivity index (χ3n) is 2.98. The summed E-state index contributed by atoms with van der Waals surface area (Å²) in [4.78, 5) is 2.50. The third kappa shape index (κ3) is 5.31. The molecule has 0 unspecified atom stereocenters. The Morgan fingerprint density at radius 1 is 0.900 bits per heavy atom. The molecule has 0 N–H and O–H groups in total. The van der Waals surface area contributed by atoms with Crippen molar-refractivity contribution in [3.63, 3.8) is 0 Å². The molecule has 0 nitrogen and oxygen atoms in total. The molecule has 0 amide bonds. The Labute approximate surface area is 135 Å². The molecule has 0 aliphatic carbocycles. The molecular formula is C18H20Se2. The molecular weight excluding hydrogens is 374 g/mol. The molecule has 2 aromatic rings. The van der Waals surface area contributed by atoms with Gasteiger partial charge in [0.25, 0.3) is 0 Å². The maximum atomic E-state index is 2.50. The predicted octanol–water partition coefficient (Wildman–Crippen LogP) is 3.00. The van der Waals surface area contributed by atoms with E-state index in [9.17, 15) is 0 Å². The summed E-state index contributed by atoms with van der Waals surface area (Å²) in [6.07, 6.45) is 0. The van der Waals surface area contributed by atoms with Gasteiger partial charge >= 0.3 is 135 Å². The fraction of sp³-hybridized carbons (Fsp3) is 0.222. The summed E-state index contributed by atoms with van der Waals surface area (Å²) in [5, 5.41) is 1.24. The Hall–Kier alpha value is -0.781. The summed E-state index contributed by atoms with van der Waals surface area (Å²) < 4.78 is 2.96. The molecule has 0 bridgehead atoms. The van der Waals surface area contributed by atoms with Crippen molar-refractivity contribution in [2.24, 2.45) is 5.92 Å². The molecule has 0 aliphatic heterocycles. The van der Waals surface area contributed by atoms with Crippen molar-refractivity contribution >= 4 is 38.8 Å². The number of rotatable bonds is 6. The maximum absolute atomic E-state index is 2.50. The van der Waals surface area contributed by atoms with Crippen molar-refractivity contribution in [2.75, 3.05) is 0 Å². The molecule has 0 spiro atoms. The third-order valence-corrected chi connectivity index (χ3v) is 7.28. The second kappa shape index (κ2) is 8.49. The van der Waals surface area contributed by atoms with E-state index in [0.29, 0.717) is 35.8 Å². The Balaban J connectivity index is 1.96. The molecule has 0 aromatic heterocycles. The van der Waals surface area contributed by atoms with Crippen molar-refractivity contribution in [3.05, 3.63) is 71.2 Å². The van der Waals surface area contributed by atoms with Crippen molar-refractivity contribution in [2.45, 2.75) is 19.2 Å². The number of benzene rings is 2. The van der Waals surface area contributed by atoms with Crippen LogP contribution in [-0.2, 0) is 0 Å². The van der Waals surface area contributed by atoms with E-state index in [4.69, 9.17) is 0 Å². The first-order valence-electron chi connectivity index (χ1n) is 6.84. The van der Waals surface area contributed by atoms with Gasteiger partial charge in [-0.15, -0.1) is 0 Å². The summed E-state index contributed by atoms with van der Waals surface area (Å²) in [6.45, 7) is 4.63. The van der Waals surface area contributed by atoms with Gasteiger partial charge in [0, 0.05) is 0 Å². The van der Waals surface area contributed by atoms with Gasteiger partial charge in [0.2, 0.25) is 0 Å². The average Bonchev–Trinajstić information content (AvgIpc) is 2.49. The first-order chi connectivity index (χ1) is 9.75. The summed E-state index contributed by atoms with van der Waals surface area (Å²) >= 11 is 1.03. The van der Waals surface area contributed by atoms with E-state index in [0.717, 1.165) is 0 Å². The predicted molar refractivity (Wildman–Crippen MR) is 91.4 cm³/mol. The summed E-state index contributed by atoms with van der Waals surface area (Å²) in [5.74, 6) is 0.658. The monoisotopic (exact) mass is 396 g/mol. The summed E-state index contributed by atoms with van der Waals surface area (Å²) in [7, 11) is 0. The van der Waals surface area contributed by atoms with E-state index >= 15 is 0 Å². The molecule has 0 radical (unpaired) electrons. The second-order valence-electron chi connectivity index (χ2n) is 4.88. The molecule has 0 heterocycles. The van der Waals surface area contributed by atoms with Crippen LogP contribution >= 0.6 is 0 Å². The van der Waals surface area contributed by atoms with Crippen molar-refractivity contribution in [1.82, 2.24) is 0 Å². The van der Waals surface area contributed by atoms with E-state index < -0.39 is 0 Å². The fourth-order valence-corrected chi connectivity index (χ4v) is 6.51. The second-order valence-corrected chi connectivity index (χ2v) is 9.06. The van der Waals surface area contributed by atoms with Crippen LogP contribution < -0.4 is 8.92 Å². The first kappa shape index (κ1) is 15.6. The van der Waals surface area contributed by atoms with Crippen molar-refractivity contribution in [3.8, 4) is 0 Å². The van der Waals surface area contributed by atoms with Crippen molar-refractivity contribution < 1.29 is 0 Å². The zero-order valence-corrected chi connectivity index (χ0v) is 15.4. The Morgan fingerprint density at radius 3 is 2.00 bits per heavy atom. The standard InChI is InChI=1S/C18H20Se2/c1-15(2)16(13-19-17-9-5-3-6-10-17)14-20-18-11-7-4-8-12-18/h3-13,15H,14H2,1-2H3. The summed E-state index contributed by atoms with van der Waals surface area (Å²) in [6, 6.07) is 21.7. The zero-order chi connectivity index (χ0) is 14.2. The van der Waals surface area contributed by atoms with Crippen molar-refractivity contribution in [1.29, 1.82) is 0 Å². The van der Waals surface area contributed by atoms with Crippen LogP contribution in [0.25, 0.3) is 0 Å². The van der Waals surface area contributed by atoms with Gasteiger partial charge in [0.05, 0.1) is 0 Å². The van der Waals surface area contributed by atoms with Gasteiger partial charge in [-0.2, -0.15) is 0 Å². The number of hydrogen-bond donors (Lipinski definition) is 0. The van der Waals surface area contributed by atoms with Crippen LogP contribution in [0.2, 0.25) is 5.32 Å². The van der Waals surface area contributed by atoms with Gasteiger partial charge < -0.3 is 0 Å². The van der Waals surface area contributed by atoms with Gasteiger partial charge in [-0.1, -0.05) is 0 Å². The quantitative estimate of drug-likeness (QED) is 0.661. The summed E-state index contributed by atoms with van der Waals surface area (Å²) in [5.41, 5.74) is 1.62. The van der Waals surface area contributed by atoms with E-state index in [1.807, 2.05) is 0 Å². The minimum absolute atomic E-state index is 0.466. The number of hydrogen-bond acceptors (Lipinski definition) is 0. The van der Waals surface area contributed by atoms with Gasteiger partial charge in [0.15, 0.2) is 0 Å². The van der Waals surface area contributed by atoms with Crippen LogP contribution in [0, 0.1) is 5.92 Å². The van der Waals surface area contributed by atoms with E-state index in [1.165, 1.54) is 14.2 Å². The Bertz CT molecular complexity index is 530. The first-order valence-corrected chi connectivity index (χ1v) is 10.8. The fourth-order valence-electron chi connectivity index (χ4n) is 1.66. The van der Waals surface area contributed by atoms with Crippen LogP contribution in [-0.4, -0.2) is 29.9 Å². The van der Waals surface area contributed by atoms with Crippen LogP contribution in [0.4, 0.5) is 0 Å².